The average molecular weight is 1620 g/mol. The van der Waals surface area contributed by atoms with Crippen molar-refractivity contribution in [3.63, 3.8) is 0 Å². The summed E-state index contributed by atoms with van der Waals surface area (Å²) < 4.78 is 32.8. The maximum absolute atomic E-state index is 13.3. The molecule has 2 amide bonds. The number of hydrogen-bond acceptors (Lipinski definition) is 13. The van der Waals surface area contributed by atoms with Crippen LogP contribution in [0.5, 0.6) is 23.0 Å². The second-order valence-corrected chi connectivity index (χ2v) is 28.6. The van der Waals surface area contributed by atoms with Crippen molar-refractivity contribution in [3.8, 4) is 90.0 Å². The molecule has 10 aromatic rings. The first-order chi connectivity index (χ1) is 58.3. The minimum Gasteiger partial charge on any atom is -0.497 e. The van der Waals surface area contributed by atoms with E-state index in [9.17, 15) is 19.2 Å². The van der Waals surface area contributed by atoms with Gasteiger partial charge in [0.05, 0.1) is 52.4 Å². The van der Waals surface area contributed by atoms with Gasteiger partial charge in [-0.1, -0.05) is 239 Å². The van der Waals surface area contributed by atoms with E-state index in [-0.39, 0.29) is 44.3 Å². The predicted molar refractivity (Wildman–Crippen MR) is 494 cm³/mol. The van der Waals surface area contributed by atoms with E-state index in [1.165, 1.54) is 51.4 Å². The van der Waals surface area contributed by atoms with Crippen LogP contribution in [-0.4, -0.2) is 67.4 Å². The summed E-state index contributed by atoms with van der Waals surface area (Å²) >= 11 is 0. The van der Waals surface area contributed by atoms with Crippen LogP contribution in [0.25, 0.3) is 67.0 Å². The Bertz CT molecular complexity index is 4890. The van der Waals surface area contributed by atoms with E-state index in [0.717, 1.165) is 148 Å². The highest BCUT2D eigenvalue weighted by Gasteiger charge is 2.24. The van der Waals surface area contributed by atoms with Crippen molar-refractivity contribution in [2.24, 2.45) is 0 Å². The number of nitrogens with two attached hydrogens (primary N) is 1. The maximum atomic E-state index is 13.3. The summed E-state index contributed by atoms with van der Waals surface area (Å²) in [5.41, 5.74) is 19.2. The van der Waals surface area contributed by atoms with Gasteiger partial charge in [0.1, 0.15) is 40.2 Å². The summed E-state index contributed by atoms with van der Waals surface area (Å²) in [4.78, 5) is 49.3. The number of nitrogens with zero attached hydrogens (tertiary/aromatic N) is 2. The van der Waals surface area contributed by atoms with Crippen molar-refractivity contribution in [1.29, 1.82) is 0 Å². The molecule has 0 saturated heterocycles. The number of hydrogen-bond donors (Lipinski definition) is 4. The number of benzene rings is 8. The van der Waals surface area contributed by atoms with Crippen LogP contribution in [0, 0.1) is 0 Å². The second-order valence-electron chi connectivity index (χ2n) is 28.6. The molecule has 0 radical (unpaired) electrons. The number of carbonyl (C=O) groups is 4. The standard InChI is InChI=1S/C52H58N2O5.C31H27N3O4.C20H32O2.CH4/c1-4-5-6-7-8-9-10-11-12-13-14-15-16-17-18-19-20-21-46(55)38-40-22-24-41(25-23-40)42-26-32-45(33-27-42)53-50(56)39-49-51(43-28-34-47(57-2)35-29-43)52(54-59-49)44-30-36-48(58-3)37-31-44;1-36-26-15-7-22(8-16-26)30-28(38-34-31(30)23-9-17-27(37-2)18-10-23)19-29(35)33-25-13-5-21(6-14-25)20-3-11-24(32)12-4-20;1-2-3-4-5-6-7-8-9-10-11-12-13-14-15-16-17-18-19-20(21)22;/h8-9,11-12,14-15,17-18,22-37H,4-7,10,13,16,19-21,38-39H2,1-3H3,(H,53,56);3-18H,19,32H2,1-2H3,(H,33,35);6-7,9-10,12-13,15-16H,2-5,8,11,14,17-19H2,1H3,(H,21,22);1H4/b9-8-,12-11-,15-14-,18-17-;;7-6-,10-9-,13-12-,16-15-;. The number of methoxy groups -OCH3 is 4. The third-order valence-corrected chi connectivity index (χ3v) is 19.4. The van der Waals surface area contributed by atoms with E-state index in [0.29, 0.717) is 52.8 Å². The van der Waals surface area contributed by atoms with Crippen LogP contribution in [0.15, 0.2) is 300 Å². The van der Waals surface area contributed by atoms with E-state index in [1.807, 2.05) is 194 Å². The van der Waals surface area contributed by atoms with Crippen molar-refractivity contribution in [2.75, 3.05) is 44.8 Å². The molecule has 2 heterocycles. The van der Waals surface area contributed by atoms with Crippen LogP contribution >= 0.6 is 0 Å². The minimum absolute atomic E-state index is 0. The number of aromatic nitrogens is 2. The fourth-order valence-electron chi connectivity index (χ4n) is 12.8. The number of allylic oxidation sites excluding steroid dienone is 16. The molecule has 16 heteroatoms. The first-order valence-electron chi connectivity index (χ1n) is 41.5. The molecule has 16 nitrogen and oxygen atoms in total. The van der Waals surface area contributed by atoms with Gasteiger partial charge in [0, 0.05) is 47.5 Å². The number of aliphatic carboxylic acids is 1. The lowest BCUT2D eigenvalue weighted by Crippen LogP contribution is -2.14. The minimum atomic E-state index is -0.712. The first kappa shape index (κ1) is 94.3. The first-order valence-corrected chi connectivity index (χ1v) is 41.5. The van der Waals surface area contributed by atoms with Crippen LogP contribution in [-0.2, 0) is 38.4 Å². The Balaban J connectivity index is 0.000000277. The van der Waals surface area contributed by atoms with Crippen LogP contribution in [0.4, 0.5) is 17.1 Å². The molecule has 0 aliphatic carbocycles. The van der Waals surface area contributed by atoms with Crippen LogP contribution in [0.2, 0.25) is 0 Å². The van der Waals surface area contributed by atoms with Gasteiger partial charge in [-0.2, -0.15) is 0 Å². The van der Waals surface area contributed by atoms with Gasteiger partial charge < -0.3 is 49.5 Å². The number of carbonyl (C=O) groups excluding carboxylic acids is 3. The lowest BCUT2D eigenvalue weighted by atomic mass is 9.97. The number of anilines is 3. The molecular formula is C104H121N5O11. The number of amides is 2. The van der Waals surface area contributed by atoms with Gasteiger partial charge in [0.2, 0.25) is 11.8 Å². The summed E-state index contributed by atoms with van der Waals surface area (Å²) in [5, 5.41) is 23.2. The average Bonchev–Trinajstić information content (AvgIpc) is 1.64. The molecule has 120 heavy (non-hydrogen) atoms. The van der Waals surface area contributed by atoms with E-state index in [4.69, 9.17) is 38.8 Å². The summed E-state index contributed by atoms with van der Waals surface area (Å²) in [7, 11) is 6.49. The number of carboxylic acid groups (broad SMARTS) is 1. The van der Waals surface area contributed by atoms with Crippen LogP contribution < -0.4 is 35.3 Å². The summed E-state index contributed by atoms with van der Waals surface area (Å²) in [6.07, 6.45) is 55.9. The third-order valence-electron chi connectivity index (χ3n) is 19.4. The summed E-state index contributed by atoms with van der Waals surface area (Å²) in [5.74, 6) is 2.97. The molecule has 0 spiro atoms. The zero-order valence-electron chi connectivity index (χ0n) is 70.0. The number of rotatable bonds is 46. The molecule has 2 aromatic heterocycles. The Kier molecular flexibility index (Phi) is 43.2. The Morgan fingerprint density at radius 3 is 0.950 bits per heavy atom. The van der Waals surface area contributed by atoms with E-state index in [1.54, 1.807) is 28.4 Å². The summed E-state index contributed by atoms with van der Waals surface area (Å²) in [6, 6.07) is 61.5. The highest BCUT2D eigenvalue weighted by atomic mass is 16.5. The predicted octanol–water partition coefficient (Wildman–Crippen LogP) is 26.4. The molecule has 628 valence electrons. The maximum Gasteiger partial charge on any atom is 0.303 e. The van der Waals surface area contributed by atoms with Gasteiger partial charge in [-0.3, -0.25) is 19.2 Å². The molecule has 8 aromatic carbocycles. The third kappa shape index (κ3) is 34.0. The van der Waals surface area contributed by atoms with Crippen molar-refractivity contribution >= 4 is 40.6 Å². The lowest BCUT2D eigenvalue weighted by molar-refractivity contribution is -0.137. The molecule has 0 aliphatic rings. The molecule has 0 saturated carbocycles. The number of ether oxygens (including phenoxy) is 4. The van der Waals surface area contributed by atoms with Crippen molar-refractivity contribution in [3.05, 3.63) is 308 Å². The highest BCUT2D eigenvalue weighted by Crippen LogP contribution is 2.39. The number of unbranched alkanes of at least 4 members (excludes halogenated alkanes) is 8. The fraction of sp³-hybridized carbons (Fsp3) is 0.288. The highest BCUT2D eigenvalue weighted by molar-refractivity contribution is 5.96. The van der Waals surface area contributed by atoms with Crippen molar-refractivity contribution in [2.45, 2.75) is 169 Å². The number of nitrogen functional groups attached to an aromatic ring is 1. The topological polar surface area (TPSA) is 228 Å². The Morgan fingerprint density at radius 2 is 0.633 bits per heavy atom. The normalized spacial score (nSPS) is 11.4. The van der Waals surface area contributed by atoms with Gasteiger partial charge in [-0.05, 0) is 238 Å². The fourth-order valence-corrected chi connectivity index (χ4v) is 12.8. The molecule has 5 N–H and O–H groups in total. The molecule has 0 unspecified atom stereocenters. The van der Waals surface area contributed by atoms with Crippen molar-refractivity contribution in [1.82, 2.24) is 10.3 Å². The van der Waals surface area contributed by atoms with E-state index < -0.39 is 5.97 Å². The van der Waals surface area contributed by atoms with Crippen LogP contribution in [0.3, 0.4) is 0 Å². The Morgan fingerprint density at radius 1 is 0.350 bits per heavy atom. The Hall–Kier alpha value is -12.8. The van der Waals surface area contributed by atoms with Gasteiger partial charge in [0.15, 0.2) is 11.5 Å². The number of Topliss-reactive ketones (excluding diaryl/α,β-unsaturated/α-hetero) is 1. The zero-order chi connectivity index (χ0) is 84.3. The van der Waals surface area contributed by atoms with E-state index >= 15 is 0 Å². The van der Waals surface area contributed by atoms with Gasteiger partial charge in [0.25, 0.3) is 0 Å². The smallest absolute Gasteiger partial charge is 0.303 e. The Labute approximate surface area is 711 Å². The molecular weight excluding hydrogens is 1500 g/mol. The molecule has 0 aliphatic heterocycles. The second kappa shape index (κ2) is 55.0. The monoisotopic (exact) mass is 1620 g/mol. The van der Waals surface area contributed by atoms with Gasteiger partial charge in [-0.25, -0.2) is 0 Å². The van der Waals surface area contributed by atoms with E-state index in [2.05, 4.69) is 132 Å². The largest absolute Gasteiger partial charge is 0.497 e. The van der Waals surface area contributed by atoms with Crippen LogP contribution in [0.1, 0.15) is 167 Å². The van der Waals surface area contributed by atoms with Crippen molar-refractivity contribution < 1.29 is 52.3 Å². The number of ketones is 1. The van der Waals surface area contributed by atoms with Gasteiger partial charge >= 0.3 is 5.97 Å². The van der Waals surface area contributed by atoms with Gasteiger partial charge in [-0.15, -0.1) is 0 Å². The molecule has 0 fully saturated rings. The SMILES string of the molecule is C.CCCCC/C=C\C/C=C\C/C=C\C/C=C\CCCC(=O)Cc1ccc(-c2ccc(NC(=O)Cc3onc(-c4ccc(OC)cc4)c3-c3ccc(OC)cc3)cc2)cc1.CCCCC/C=C\C/C=C\C/C=C\C/C=C\CCCC(=O)O.COc1ccc(-c2noc(CC(=O)Nc3ccc(-c4ccc(N)cc4)cc3)c2-c2ccc(OC)cc2)cc1. The quantitative estimate of drug-likeness (QED) is 0.0158. The number of nitrogens with one attached hydrogen (secondary N) is 2. The summed E-state index contributed by atoms with van der Waals surface area (Å²) in [6.45, 7) is 4.47. The molecule has 0 atom stereocenters. The number of carboxylic acids is 1. The lowest BCUT2D eigenvalue weighted by Gasteiger charge is -2.09. The zero-order valence-corrected chi connectivity index (χ0v) is 70.0. The molecule has 10 rings (SSSR count). The molecule has 0 bridgehead atoms.